The molecule has 5 rings (SSSR count). The molecule has 1 aromatic heterocycles. The van der Waals surface area contributed by atoms with Crippen LogP contribution in [0.15, 0.2) is 60.8 Å². The molecule has 1 atom stereocenters. The molecule has 270 valence electrons. The van der Waals surface area contributed by atoms with Crippen LogP contribution in [-0.2, 0) is 16.0 Å². The Morgan fingerprint density at radius 2 is 1.80 bits per heavy atom. The smallest absolute Gasteiger partial charge is 0.262 e. The second-order valence-electron chi connectivity index (χ2n) is 12.6. The van der Waals surface area contributed by atoms with E-state index < -0.39 is 11.7 Å². The standard InChI is InChI=1S/C38H45FN6O6/c1-24-8-6-9-25(2)35(24)43-36(47)29-21-41-38(42-28-12-14-31(30(39)20-28)50-23-27-10-7-16-45(3)22-27)44-37(29)51-32-13-11-26(18-33(32)49-5)19-34(46)40-15-17-48-4/h6,8-9,11-14,18,20-21,27H,7,10,15-17,19,22-23H2,1-5H3,(H,40,46)(H,43,47)(H,41,42,44). The molecule has 0 aliphatic carbocycles. The topological polar surface area (TPSA) is 136 Å². The van der Waals surface area contributed by atoms with Crippen molar-refractivity contribution in [1.82, 2.24) is 20.2 Å². The van der Waals surface area contributed by atoms with Gasteiger partial charge in [-0.2, -0.15) is 4.98 Å². The van der Waals surface area contributed by atoms with Gasteiger partial charge in [0.15, 0.2) is 23.1 Å². The van der Waals surface area contributed by atoms with Crippen LogP contribution in [0.25, 0.3) is 0 Å². The van der Waals surface area contributed by atoms with Crippen LogP contribution in [0.1, 0.15) is 39.9 Å². The zero-order chi connectivity index (χ0) is 36.3. The van der Waals surface area contributed by atoms with E-state index in [2.05, 4.69) is 37.9 Å². The van der Waals surface area contributed by atoms with E-state index in [1.807, 2.05) is 32.0 Å². The van der Waals surface area contributed by atoms with Gasteiger partial charge in [0.1, 0.15) is 5.56 Å². The minimum atomic E-state index is -0.526. The normalized spacial score (nSPS) is 14.4. The fourth-order valence-electron chi connectivity index (χ4n) is 5.84. The summed E-state index contributed by atoms with van der Waals surface area (Å²) in [5, 5.41) is 8.74. The number of halogens is 1. The Bertz CT molecular complexity index is 1820. The van der Waals surface area contributed by atoms with Crippen molar-refractivity contribution in [2.75, 3.05) is 64.7 Å². The predicted molar refractivity (Wildman–Crippen MR) is 193 cm³/mol. The average Bonchev–Trinajstić information content (AvgIpc) is 3.10. The Labute approximate surface area is 297 Å². The van der Waals surface area contributed by atoms with Crippen molar-refractivity contribution in [3.63, 3.8) is 0 Å². The van der Waals surface area contributed by atoms with Gasteiger partial charge in [-0.15, -0.1) is 0 Å². The van der Waals surface area contributed by atoms with E-state index >= 15 is 4.39 Å². The van der Waals surface area contributed by atoms with Crippen LogP contribution >= 0.6 is 0 Å². The molecule has 13 heteroatoms. The monoisotopic (exact) mass is 700 g/mol. The number of rotatable bonds is 15. The molecule has 1 aliphatic heterocycles. The van der Waals surface area contributed by atoms with E-state index in [9.17, 15) is 9.59 Å². The van der Waals surface area contributed by atoms with E-state index in [0.29, 0.717) is 48.4 Å². The van der Waals surface area contributed by atoms with Gasteiger partial charge in [0, 0.05) is 49.8 Å². The van der Waals surface area contributed by atoms with Crippen LogP contribution < -0.4 is 30.2 Å². The predicted octanol–water partition coefficient (Wildman–Crippen LogP) is 6.06. The number of ether oxygens (including phenoxy) is 4. The largest absolute Gasteiger partial charge is 0.493 e. The van der Waals surface area contributed by atoms with Crippen molar-refractivity contribution in [2.45, 2.75) is 33.1 Å². The van der Waals surface area contributed by atoms with Gasteiger partial charge in [-0.25, -0.2) is 9.37 Å². The molecule has 4 aromatic rings. The molecule has 0 saturated carbocycles. The highest BCUT2D eigenvalue weighted by molar-refractivity contribution is 6.06. The van der Waals surface area contributed by atoms with Crippen LogP contribution in [0.3, 0.4) is 0 Å². The van der Waals surface area contributed by atoms with E-state index in [1.165, 1.54) is 19.4 Å². The van der Waals surface area contributed by atoms with Gasteiger partial charge >= 0.3 is 0 Å². The molecule has 0 bridgehead atoms. The van der Waals surface area contributed by atoms with E-state index in [-0.39, 0.29) is 41.2 Å². The zero-order valence-electron chi connectivity index (χ0n) is 29.7. The van der Waals surface area contributed by atoms with Crippen LogP contribution in [0.5, 0.6) is 23.1 Å². The van der Waals surface area contributed by atoms with Crippen molar-refractivity contribution in [3.8, 4) is 23.1 Å². The summed E-state index contributed by atoms with van der Waals surface area (Å²) in [7, 11) is 5.12. The summed E-state index contributed by atoms with van der Waals surface area (Å²) in [6.45, 7) is 7.03. The number of carbonyl (C=O) groups excluding carboxylic acids is 2. The van der Waals surface area contributed by atoms with Crippen molar-refractivity contribution in [2.24, 2.45) is 5.92 Å². The minimum absolute atomic E-state index is 0.0511. The summed E-state index contributed by atoms with van der Waals surface area (Å²) >= 11 is 0. The third kappa shape index (κ3) is 10.1. The molecule has 12 nitrogen and oxygen atoms in total. The number of amides is 2. The Balaban J connectivity index is 1.38. The van der Waals surface area contributed by atoms with Crippen LogP contribution in [-0.4, -0.2) is 80.8 Å². The highest BCUT2D eigenvalue weighted by atomic mass is 19.1. The Hall–Kier alpha value is -5.27. The number of hydrogen-bond acceptors (Lipinski definition) is 10. The molecule has 1 aliphatic rings. The average molecular weight is 701 g/mol. The number of anilines is 3. The molecule has 1 fully saturated rings. The summed E-state index contributed by atoms with van der Waals surface area (Å²) < 4.78 is 37.8. The molecular weight excluding hydrogens is 655 g/mol. The van der Waals surface area contributed by atoms with Crippen molar-refractivity contribution in [1.29, 1.82) is 0 Å². The van der Waals surface area contributed by atoms with Gasteiger partial charge in [-0.05, 0) is 81.2 Å². The van der Waals surface area contributed by atoms with Crippen LogP contribution in [0.2, 0.25) is 0 Å². The van der Waals surface area contributed by atoms with E-state index in [1.54, 1.807) is 37.4 Å². The lowest BCUT2D eigenvalue weighted by atomic mass is 10.00. The van der Waals surface area contributed by atoms with Crippen molar-refractivity contribution < 1.29 is 32.9 Å². The molecule has 2 amide bonds. The summed E-state index contributed by atoms with van der Waals surface area (Å²) in [5.41, 5.74) is 3.54. The number of aryl methyl sites for hydroxylation is 2. The second-order valence-corrected chi connectivity index (χ2v) is 12.6. The highest BCUT2D eigenvalue weighted by Crippen LogP contribution is 2.35. The highest BCUT2D eigenvalue weighted by Gasteiger charge is 2.22. The Kier molecular flexibility index (Phi) is 12.8. The summed E-state index contributed by atoms with van der Waals surface area (Å²) in [4.78, 5) is 37.2. The van der Waals surface area contributed by atoms with Gasteiger partial charge in [-0.1, -0.05) is 24.3 Å². The maximum Gasteiger partial charge on any atom is 0.262 e. The second kappa shape index (κ2) is 17.6. The number of nitrogens with zero attached hydrogens (tertiary/aromatic N) is 3. The lowest BCUT2D eigenvalue weighted by Gasteiger charge is -2.29. The molecule has 2 heterocycles. The van der Waals surface area contributed by atoms with Crippen molar-refractivity contribution in [3.05, 3.63) is 88.9 Å². The number of aromatic nitrogens is 2. The first-order valence-electron chi connectivity index (χ1n) is 16.9. The molecule has 0 radical (unpaired) electrons. The number of hydrogen-bond donors (Lipinski definition) is 3. The SMILES string of the molecule is COCCNC(=O)Cc1ccc(Oc2nc(Nc3ccc(OCC4CCCN(C)C4)c(F)c3)ncc2C(=O)Nc2c(C)cccc2C)c(OC)c1. The van der Waals surface area contributed by atoms with Gasteiger partial charge in [0.25, 0.3) is 5.91 Å². The lowest BCUT2D eigenvalue weighted by molar-refractivity contribution is -0.120. The fraction of sp³-hybridized carbons (Fsp3) is 0.368. The minimum Gasteiger partial charge on any atom is -0.493 e. The number of benzene rings is 3. The number of methoxy groups -OCH3 is 2. The molecule has 51 heavy (non-hydrogen) atoms. The van der Waals surface area contributed by atoms with Gasteiger partial charge in [0.05, 0.1) is 26.7 Å². The number of nitrogens with one attached hydrogen (secondary N) is 3. The van der Waals surface area contributed by atoms with Gasteiger partial charge < -0.3 is 39.8 Å². The fourth-order valence-corrected chi connectivity index (χ4v) is 5.84. The Morgan fingerprint density at radius 1 is 1.02 bits per heavy atom. The molecule has 1 unspecified atom stereocenters. The van der Waals surface area contributed by atoms with Gasteiger partial charge in [0.2, 0.25) is 17.7 Å². The zero-order valence-corrected chi connectivity index (χ0v) is 29.7. The summed E-state index contributed by atoms with van der Waals surface area (Å²) in [6.07, 6.45) is 3.60. The maximum atomic E-state index is 15.1. The molecule has 0 spiro atoms. The number of likely N-dealkylation sites (tertiary alicyclic amines) is 1. The first-order chi connectivity index (χ1) is 24.6. The van der Waals surface area contributed by atoms with Gasteiger partial charge in [-0.3, -0.25) is 9.59 Å². The molecule has 1 saturated heterocycles. The third-order valence-corrected chi connectivity index (χ3v) is 8.53. The van der Waals surface area contributed by atoms with E-state index in [0.717, 1.165) is 37.1 Å². The number of para-hydroxylation sites is 1. The lowest BCUT2D eigenvalue weighted by Crippen LogP contribution is -2.34. The third-order valence-electron chi connectivity index (χ3n) is 8.53. The maximum absolute atomic E-state index is 15.1. The first-order valence-corrected chi connectivity index (χ1v) is 16.9. The quantitative estimate of drug-likeness (QED) is 0.126. The molecule has 3 aromatic carbocycles. The van der Waals surface area contributed by atoms with Crippen LogP contribution in [0.4, 0.5) is 21.7 Å². The van der Waals surface area contributed by atoms with Crippen LogP contribution in [0, 0.1) is 25.6 Å². The number of carbonyl (C=O) groups is 2. The van der Waals surface area contributed by atoms with E-state index in [4.69, 9.17) is 18.9 Å². The van der Waals surface area contributed by atoms with Crippen molar-refractivity contribution >= 4 is 29.1 Å². The summed E-state index contributed by atoms with van der Waals surface area (Å²) in [6, 6.07) is 15.3. The molecule has 3 N–H and O–H groups in total. The first kappa shape index (κ1) is 37.0. The number of piperidine rings is 1. The molecular formula is C38H45FN6O6. The Morgan fingerprint density at radius 3 is 2.53 bits per heavy atom. The summed E-state index contributed by atoms with van der Waals surface area (Å²) in [5.74, 6) is -0.108.